The molecule has 1 aromatic rings. The second-order valence-corrected chi connectivity index (χ2v) is 4.16. The Morgan fingerprint density at radius 3 is 2.50 bits per heavy atom. The second kappa shape index (κ2) is 7.24. The van der Waals surface area contributed by atoms with Crippen LogP contribution in [0, 0.1) is 0 Å². The van der Waals surface area contributed by atoms with Gasteiger partial charge in [-0.15, -0.1) is 0 Å². The van der Waals surface area contributed by atoms with Crippen LogP contribution in [-0.4, -0.2) is 13.1 Å². The van der Waals surface area contributed by atoms with E-state index < -0.39 is 0 Å². The average Bonchev–Trinajstić information content (AvgIpc) is 2.35. The Balaban J connectivity index is 2.66. The van der Waals surface area contributed by atoms with Crippen molar-refractivity contribution in [2.24, 2.45) is 0 Å². The second-order valence-electron chi connectivity index (χ2n) is 4.16. The molecule has 16 heavy (non-hydrogen) atoms. The van der Waals surface area contributed by atoms with E-state index in [0.717, 1.165) is 19.5 Å². The first-order valence-corrected chi connectivity index (χ1v) is 6.23. The third kappa shape index (κ3) is 4.19. The Morgan fingerprint density at radius 1 is 1.25 bits per heavy atom. The standard InChI is InChI=1S/C15H23N/c1-4-14(12-16-5-2)11-13(3)15-9-7-6-8-10-15/h6-11,13,16H,4-5,12H2,1-3H3/b14-11+. The molecule has 0 heterocycles. The summed E-state index contributed by atoms with van der Waals surface area (Å²) in [5.41, 5.74) is 2.89. The lowest BCUT2D eigenvalue weighted by Crippen LogP contribution is -2.16. The number of likely N-dealkylation sites (N-methyl/N-ethyl adjacent to an activating group) is 1. The van der Waals surface area contributed by atoms with Crippen LogP contribution in [0.25, 0.3) is 0 Å². The van der Waals surface area contributed by atoms with Crippen molar-refractivity contribution in [2.75, 3.05) is 13.1 Å². The Morgan fingerprint density at radius 2 is 1.94 bits per heavy atom. The van der Waals surface area contributed by atoms with Crippen LogP contribution < -0.4 is 5.32 Å². The fourth-order valence-electron chi connectivity index (χ4n) is 1.79. The lowest BCUT2D eigenvalue weighted by atomic mass is 9.97. The quantitative estimate of drug-likeness (QED) is 0.716. The van der Waals surface area contributed by atoms with Gasteiger partial charge < -0.3 is 5.32 Å². The van der Waals surface area contributed by atoms with E-state index in [1.54, 1.807) is 0 Å². The topological polar surface area (TPSA) is 12.0 Å². The van der Waals surface area contributed by atoms with Crippen molar-refractivity contribution in [1.29, 1.82) is 0 Å². The largest absolute Gasteiger partial charge is 0.313 e. The Bertz CT molecular complexity index is 313. The van der Waals surface area contributed by atoms with Gasteiger partial charge >= 0.3 is 0 Å². The number of allylic oxidation sites excluding steroid dienone is 1. The molecule has 1 unspecified atom stereocenters. The van der Waals surface area contributed by atoms with Gasteiger partial charge in [-0.3, -0.25) is 0 Å². The summed E-state index contributed by atoms with van der Waals surface area (Å²) >= 11 is 0. The molecule has 0 aromatic heterocycles. The molecule has 0 saturated carbocycles. The SMILES string of the molecule is CCNC/C(=C/C(C)c1ccccc1)CC. The molecule has 0 aliphatic rings. The fourth-order valence-corrected chi connectivity index (χ4v) is 1.79. The molecule has 1 aromatic carbocycles. The zero-order valence-corrected chi connectivity index (χ0v) is 10.7. The first-order chi connectivity index (χ1) is 7.77. The van der Waals surface area contributed by atoms with E-state index in [1.807, 2.05) is 0 Å². The maximum atomic E-state index is 3.39. The minimum atomic E-state index is 0.509. The van der Waals surface area contributed by atoms with Gasteiger partial charge in [-0.25, -0.2) is 0 Å². The number of hydrogen-bond donors (Lipinski definition) is 1. The van der Waals surface area contributed by atoms with Gasteiger partial charge in [0.15, 0.2) is 0 Å². The molecule has 88 valence electrons. The molecule has 0 fully saturated rings. The highest BCUT2D eigenvalue weighted by molar-refractivity contribution is 5.24. The number of hydrogen-bond acceptors (Lipinski definition) is 1. The van der Waals surface area contributed by atoms with Crippen LogP contribution in [0.3, 0.4) is 0 Å². The molecule has 0 amide bonds. The van der Waals surface area contributed by atoms with Crippen LogP contribution in [0.4, 0.5) is 0 Å². The van der Waals surface area contributed by atoms with E-state index >= 15 is 0 Å². The molecule has 0 radical (unpaired) electrons. The van der Waals surface area contributed by atoms with Gasteiger partial charge in [-0.1, -0.05) is 62.8 Å². The third-order valence-electron chi connectivity index (χ3n) is 2.87. The lowest BCUT2D eigenvalue weighted by Gasteiger charge is -2.11. The molecule has 0 spiro atoms. The minimum absolute atomic E-state index is 0.509. The first kappa shape index (κ1) is 13.0. The van der Waals surface area contributed by atoms with E-state index in [2.05, 4.69) is 62.5 Å². The monoisotopic (exact) mass is 217 g/mol. The summed E-state index contributed by atoms with van der Waals surface area (Å²) in [5.74, 6) is 0.509. The molecule has 0 aliphatic heterocycles. The molecule has 0 bridgehead atoms. The number of nitrogens with one attached hydrogen (secondary N) is 1. The average molecular weight is 217 g/mol. The molecule has 1 rings (SSSR count). The van der Waals surface area contributed by atoms with Crippen molar-refractivity contribution in [3.8, 4) is 0 Å². The van der Waals surface area contributed by atoms with Gasteiger partial charge in [0.2, 0.25) is 0 Å². The zero-order chi connectivity index (χ0) is 11.8. The van der Waals surface area contributed by atoms with Gasteiger partial charge in [-0.05, 0) is 24.4 Å². The Hall–Kier alpha value is -1.08. The van der Waals surface area contributed by atoms with E-state index in [-0.39, 0.29) is 0 Å². The molecule has 0 saturated heterocycles. The normalized spacial score (nSPS) is 13.8. The molecular formula is C15H23N. The predicted molar refractivity (Wildman–Crippen MR) is 71.8 cm³/mol. The van der Waals surface area contributed by atoms with Crippen molar-refractivity contribution >= 4 is 0 Å². The van der Waals surface area contributed by atoms with Gasteiger partial charge in [0, 0.05) is 6.54 Å². The zero-order valence-electron chi connectivity index (χ0n) is 10.7. The number of rotatable bonds is 6. The molecular weight excluding hydrogens is 194 g/mol. The van der Waals surface area contributed by atoms with Gasteiger partial charge in [0.25, 0.3) is 0 Å². The maximum Gasteiger partial charge on any atom is 0.0164 e. The summed E-state index contributed by atoms with van der Waals surface area (Å²) in [6.45, 7) is 8.69. The summed E-state index contributed by atoms with van der Waals surface area (Å²) in [6, 6.07) is 10.7. The van der Waals surface area contributed by atoms with Gasteiger partial charge in [0.1, 0.15) is 0 Å². The highest BCUT2D eigenvalue weighted by Gasteiger charge is 2.02. The third-order valence-corrected chi connectivity index (χ3v) is 2.87. The summed E-state index contributed by atoms with van der Waals surface area (Å²) in [6.07, 6.45) is 3.52. The van der Waals surface area contributed by atoms with Crippen LogP contribution >= 0.6 is 0 Å². The fraction of sp³-hybridized carbons (Fsp3) is 0.467. The lowest BCUT2D eigenvalue weighted by molar-refractivity contribution is 0.750. The maximum absolute atomic E-state index is 3.39. The summed E-state index contributed by atoms with van der Waals surface area (Å²) in [5, 5.41) is 3.39. The van der Waals surface area contributed by atoms with Crippen molar-refractivity contribution in [3.05, 3.63) is 47.5 Å². The molecule has 1 N–H and O–H groups in total. The summed E-state index contributed by atoms with van der Waals surface area (Å²) in [4.78, 5) is 0. The van der Waals surface area contributed by atoms with Crippen LogP contribution in [0.15, 0.2) is 42.0 Å². The van der Waals surface area contributed by atoms with Crippen molar-refractivity contribution < 1.29 is 0 Å². The van der Waals surface area contributed by atoms with Gasteiger partial charge in [-0.2, -0.15) is 0 Å². The van der Waals surface area contributed by atoms with Crippen LogP contribution in [0.2, 0.25) is 0 Å². The van der Waals surface area contributed by atoms with Crippen molar-refractivity contribution in [3.63, 3.8) is 0 Å². The van der Waals surface area contributed by atoms with Gasteiger partial charge in [0.05, 0.1) is 0 Å². The summed E-state index contributed by atoms with van der Waals surface area (Å²) < 4.78 is 0. The van der Waals surface area contributed by atoms with Crippen LogP contribution in [0.5, 0.6) is 0 Å². The molecule has 1 nitrogen and oxygen atoms in total. The van der Waals surface area contributed by atoms with Crippen molar-refractivity contribution in [1.82, 2.24) is 5.32 Å². The van der Waals surface area contributed by atoms with Crippen molar-refractivity contribution in [2.45, 2.75) is 33.1 Å². The Labute approximate surface area is 99.6 Å². The Kier molecular flexibility index (Phi) is 5.87. The molecule has 0 aliphatic carbocycles. The number of benzene rings is 1. The molecule has 1 heteroatoms. The van der Waals surface area contributed by atoms with E-state index in [0.29, 0.717) is 5.92 Å². The first-order valence-electron chi connectivity index (χ1n) is 6.23. The predicted octanol–water partition coefficient (Wildman–Crippen LogP) is 3.74. The van der Waals surface area contributed by atoms with Crippen LogP contribution in [-0.2, 0) is 0 Å². The highest BCUT2D eigenvalue weighted by atomic mass is 14.8. The smallest absolute Gasteiger partial charge is 0.0164 e. The highest BCUT2D eigenvalue weighted by Crippen LogP contribution is 2.18. The van der Waals surface area contributed by atoms with E-state index in [9.17, 15) is 0 Å². The minimum Gasteiger partial charge on any atom is -0.313 e. The summed E-state index contributed by atoms with van der Waals surface area (Å²) in [7, 11) is 0. The van der Waals surface area contributed by atoms with E-state index in [1.165, 1.54) is 11.1 Å². The van der Waals surface area contributed by atoms with Crippen LogP contribution in [0.1, 0.15) is 38.7 Å². The van der Waals surface area contributed by atoms with E-state index in [4.69, 9.17) is 0 Å². The molecule has 1 atom stereocenters.